The molecule has 0 aliphatic rings. The van der Waals surface area contributed by atoms with Crippen LogP contribution in [-0.4, -0.2) is 24.5 Å². The van der Waals surface area contributed by atoms with Crippen molar-refractivity contribution in [2.45, 2.75) is 26.7 Å². The molecule has 1 N–H and O–H groups in total. The quantitative estimate of drug-likeness (QED) is 0.607. The van der Waals surface area contributed by atoms with Crippen LogP contribution < -0.4 is 5.56 Å². The molecule has 0 unspecified atom stereocenters. The van der Waals surface area contributed by atoms with Gasteiger partial charge in [0.2, 0.25) is 0 Å². The number of ketones is 1. The fourth-order valence-corrected chi connectivity index (χ4v) is 1.59. The first-order chi connectivity index (χ1) is 7.56. The Labute approximate surface area is 94.6 Å². The molecule has 0 radical (unpaired) electrons. The van der Waals surface area contributed by atoms with Gasteiger partial charge < -0.3 is 9.72 Å². The Balaban J connectivity index is 2.96. The number of carbonyl (C=O) groups excluding carboxylic acids is 1. The van der Waals surface area contributed by atoms with Crippen molar-refractivity contribution < 1.29 is 9.53 Å². The molecule has 0 saturated carbocycles. The lowest BCUT2D eigenvalue weighted by Gasteiger charge is -2.06. The number of aromatic amines is 1. The zero-order valence-electron chi connectivity index (χ0n) is 9.92. The van der Waals surface area contributed by atoms with Crippen molar-refractivity contribution in [1.82, 2.24) is 4.98 Å². The van der Waals surface area contributed by atoms with Gasteiger partial charge in [-0.1, -0.05) is 0 Å². The van der Waals surface area contributed by atoms with Crippen LogP contribution in [0, 0.1) is 6.92 Å². The highest BCUT2D eigenvalue weighted by atomic mass is 16.5. The number of nitrogens with one attached hydrogen (secondary N) is 1. The Bertz CT molecular complexity index is 434. The minimum Gasteiger partial charge on any atom is -0.385 e. The molecule has 0 saturated heterocycles. The SMILES string of the molecule is COCCCc1cc(C(C)=O)c(=O)[nH]c1C. The maximum absolute atomic E-state index is 11.5. The molecular formula is C12H17NO3. The highest BCUT2D eigenvalue weighted by Crippen LogP contribution is 2.08. The molecule has 0 amide bonds. The molecule has 4 nitrogen and oxygen atoms in total. The van der Waals surface area contributed by atoms with Crippen LogP contribution in [0.15, 0.2) is 10.9 Å². The number of methoxy groups -OCH3 is 1. The first kappa shape index (κ1) is 12.6. The minimum absolute atomic E-state index is 0.200. The minimum atomic E-state index is -0.305. The van der Waals surface area contributed by atoms with Crippen LogP contribution in [0.2, 0.25) is 0 Å². The summed E-state index contributed by atoms with van der Waals surface area (Å²) in [4.78, 5) is 25.4. The number of hydrogen-bond donors (Lipinski definition) is 1. The van der Waals surface area contributed by atoms with E-state index < -0.39 is 0 Å². The number of aromatic nitrogens is 1. The lowest BCUT2D eigenvalue weighted by Crippen LogP contribution is -2.18. The summed E-state index contributed by atoms with van der Waals surface area (Å²) in [6.45, 7) is 3.92. The third-order valence-corrected chi connectivity index (χ3v) is 2.52. The lowest BCUT2D eigenvalue weighted by atomic mass is 10.0. The van der Waals surface area contributed by atoms with E-state index in [2.05, 4.69) is 4.98 Å². The lowest BCUT2D eigenvalue weighted by molar-refractivity contribution is 0.101. The summed E-state index contributed by atoms with van der Waals surface area (Å²) in [6, 6.07) is 1.69. The second kappa shape index (κ2) is 5.61. The van der Waals surface area contributed by atoms with Gasteiger partial charge in [0, 0.05) is 19.4 Å². The molecular weight excluding hydrogens is 206 g/mol. The van der Waals surface area contributed by atoms with Gasteiger partial charge in [-0.2, -0.15) is 0 Å². The molecule has 0 bridgehead atoms. The molecule has 1 heterocycles. The van der Waals surface area contributed by atoms with E-state index in [-0.39, 0.29) is 16.9 Å². The van der Waals surface area contributed by atoms with Crippen molar-refractivity contribution in [2.75, 3.05) is 13.7 Å². The molecule has 0 spiro atoms. The van der Waals surface area contributed by atoms with Crippen LogP contribution in [0.1, 0.15) is 35.0 Å². The molecule has 0 aliphatic heterocycles. The molecule has 0 atom stereocenters. The molecule has 16 heavy (non-hydrogen) atoms. The largest absolute Gasteiger partial charge is 0.385 e. The summed E-state index contributed by atoms with van der Waals surface area (Å²) in [5.41, 5.74) is 1.76. The van der Waals surface area contributed by atoms with Gasteiger partial charge in [-0.05, 0) is 38.3 Å². The smallest absolute Gasteiger partial charge is 0.259 e. The maximum Gasteiger partial charge on any atom is 0.259 e. The Morgan fingerprint density at radius 2 is 2.19 bits per heavy atom. The van der Waals surface area contributed by atoms with Crippen LogP contribution in [0.25, 0.3) is 0 Å². The molecule has 88 valence electrons. The third-order valence-electron chi connectivity index (χ3n) is 2.52. The summed E-state index contributed by atoms with van der Waals surface area (Å²) >= 11 is 0. The number of carbonyl (C=O) groups is 1. The van der Waals surface area contributed by atoms with E-state index in [1.807, 2.05) is 6.92 Å². The number of rotatable bonds is 5. The first-order valence-corrected chi connectivity index (χ1v) is 5.29. The number of ether oxygens (including phenoxy) is 1. The van der Waals surface area contributed by atoms with Gasteiger partial charge in [0.25, 0.3) is 5.56 Å². The highest BCUT2D eigenvalue weighted by molar-refractivity contribution is 5.93. The summed E-state index contributed by atoms with van der Waals surface area (Å²) in [5, 5.41) is 0. The first-order valence-electron chi connectivity index (χ1n) is 5.29. The monoisotopic (exact) mass is 223 g/mol. The second-order valence-electron chi connectivity index (χ2n) is 3.81. The number of hydrogen-bond acceptors (Lipinski definition) is 3. The molecule has 1 aromatic heterocycles. The fraction of sp³-hybridized carbons (Fsp3) is 0.500. The third kappa shape index (κ3) is 3.03. The molecule has 0 aromatic carbocycles. The van der Waals surface area contributed by atoms with E-state index in [0.29, 0.717) is 6.61 Å². The summed E-state index contributed by atoms with van der Waals surface area (Å²) in [5.74, 6) is -0.200. The molecule has 0 fully saturated rings. The number of aryl methyl sites for hydroxylation is 2. The zero-order chi connectivity index (χ0) is 12.1. The molecule has 0 aliphatic carbocycles. The normalized spacial score (nSPS) is 10.4. The Kier molecular flexibility index (Phi) is 4.43. The highest BCUT2D eigenvalue weighted by Gasteiger charge is 2.09. The van der Waals surface area contributed by atoms with Crippen LogP contribution in [0.5, 0.6) is 0 Å². The predicted octanol–water partition coefficient (Wildman–Crippen LogP) is 1.46. The van der Waals surface area contributed by atoms with Gasteiger partial charge >= 0.3 is 0 Å². The standard InChI is InChI=1S/C12H17NO3/c1-8-10(5-4-6-16-3)7-11(9(2)14)12(15)13-8/h7H,4-6H2,1-3H3,(H,13,15). The van der Waals surface area contributed by atoms with Crippen molar-refractivity contribution in [2.24, 2.45) is 0 Å². The summed E-state index contributed by atoms with van der Waals surface area (Å²) in [7, 11) is 1.65. The Morgan fingerprint density at radius 1 is 1.50 bits per heavy atom. The average molecular weight is 223 g/mol. The average Bonchev–Trinajstić information content (AvgIpc) is 2.21. The van der Waals surface area contributed by atoms with E-state index in [9.17, 15) is 9.59 Å². The van der Waals surface area contributed by atoms with Crippen LogP contribution >= 0.6 is 0 Å². The van der Waals surface area contributed by atoms with Gasteiger partial charge in [0.1, 0.15) is 0 Å². The zero-order valence-corrected chi connectivity index (χ0v) is 9.92. The van der Waals surface area contributed by atoms with E-state index in [4.69, 9.17) is 4.74 Å². The fourth-order valence-electron chi connectivity index (χ4n) is 1.59. The summed E-state index contributed by atoms with van der Waals surface area (Å²) in [6.07, 6.45) is 1.68. The van der Waals surface area contributed by atoms with Crippen LogP contribution in [0.4, 0.5) is 0 Å². The van der Waals surface area contributed by atoms with Gasteiger partial charge in [0.05, 0.1) is 5.56 Å². The topological polar surface area (TPSA) is 59.2 Å². The van der Waals surface area contributed by atoms with E-state index in [1.54, 1.807) is 13.2 Å². The molecule has 4 heteroatoms. The van der Waals surface area contributed by atoms with Gasteiger partial charge in [0.15, 0.2) is 5.78 Å². The predicted molar refractivity (Wildman–Crippen MR) is 62.0 cm³/mol. The van der Waals surface area contributed by atoms with Gasteiger partial charge in [-0.15, -0.1) is 0 Å². The van der Waals surface area contributed by atoms with Gasteiger partial charge in [-0.25, -0.2) is 0 Å². The van der Waals surface area contributed by atoms with Crippen molar-refractivity contribution in [3.63, 3.8) is 0 Å². The van der Waals surface area contributed by atoms with Crippen molar-refractivity contribution in [1.29, 1.82) is 0 Å². The van der Waals surface area contributed by atoms with E-state index >= 15 is 0 Å². The molecule has 1 aromatic rings. The van der Waals surface area contributed by atoms with Crippen LogP contribution in [-0.2, 0) is 11.2 Å². The van der Waals surface area contributed by atoms with Crippen molar-refractivity contribution in [3.8, 4) is 0 Å². The second-order valence-corrected chi connectivity index (χ2v) is 3.81. The van der Waals surface area contributed by atoms with Crippen molar-refractivity contribution in [3.05, 3.63) is 33.2 Å². The van der Waals surface area contributed by atoms with Crippen LogP contribution in [0.3, 0.4) is 0 Å². The number of Topliss-reactive ketones (excluding diaryl/α,β-unsaturated/α-hetero) is 1. The van der Waals surface area contributed by atoms with Gasteiger partial charge in [-0.3, -0.25) is 9.59 Å². The Morgan fingerprint density at radius 3 is 2.75 bits per heavy atom. The van der Waals surface area contributed by atoms with Crippen molar-refractivity contribution >= 4 is 5.78 Å². The molecule has 1 rings (SSSR count). The summed E-state index contributed by atoms with van der Waals surface area (Å²) < 4.78 is 4.97. The van der Waals surface area contributed by atoms with E-state index in [0.717, 1.165) is 24.1 Å². The number of pyridine rings is 1. The maximum atomic E-state index is 11.5. The Hall–Kier alpha value is -1.42. The number of H-pyrrole nitrogens is 1. The van der Waals surface area contributed by atoms with E-state index in [1.165, 1.54) is 6.92 Å².